The maximum atomic E-state index is 5.94. The Hall–Kier alpha value is -0.760. The first-order chi connectivity index (χ1) is 6.34. The fourth-order valence-corrected chi connectivity index (χ4v) is 2.29. The van der Waals surface area contributed by atoms with Crippen LogP contribution < -0.4 is 5.73 Å². The van der Waals surface area contributed by atoms with Gasteiger partial charge in [0.15, 0.2) is 0 Å². The molecule has 2 rings (SSSR count). The van der Waals surface area contributed by atoms with Gasteiger partial charge in [-0.2, -0.15) is 0 Å². The fourth-order valence-electron chi connectivity index (χ4n) is 2.29. The summed E-state index contributed by atoms with van der Waals surface area (Å²) in [6.07, 6.45) is 9.37. The summed E-state index contributed by atoms with van der Waals surface area (Å²) >= 11 is 0. The van der Waals surface area contributed by atoms with Crippen molar-refractivity contribution in [1.29, 1.82) is 0 Å². The Morgan fingerprint density at radius 3 is 2.69 bits per heavy atom. The minimum Gasteiger partial charge on any atom is -0.354 e. The van der Waals surface area contributed by atoms with Crippen molar-refractivity contribution < 1.29 is 0 Å². The lowest BCUT2D eigenvalue weighted by Gasteiger charge is -2.26. The quantitative estimate of drug-likeness (QED) is 0.738. The van der Waals surface area contributed by atoms with Gasteiger partial charge in [-0.1, -0.05) is 6.42 Å². The Labute approximate surface area is 79.7 Å². The van der Waals surface area contributed by atoms with E-state index in [1.165, 1.54) is 25.7 Å². The SMILES string of the molecule is N[C@H]1CCC[C@H](Cn2cccc2)C1. The lowest BCUT2D eigenvalue weighted by molar-refractivity contribution is 0.291. The van der Waals surface area contributed by atoms with Crippen molar-refractivity contribution in [3.05, 3.63) is 24.5 Å². The van der Waals surface area contributed by atoms with Crippen LogP contribution >= 0.6 is 0 Å². The molecule has 1 aliphatic carbocycles. The Kier molecular flexibility index (Phi) is 2.69. The summed E-state index contributed by atoms with van der Waals surface area (Å²) in [5, 5.41) is 0. The van der Waals surface area contributed by atoms with Gasteiger partial charge < -0.3 is 10.3 Å². The molecule has 2 N–H and O–H groups in total. The highest BCUT2D eigenvalue weighted by atomic mass is 14.9. The van der Waals surface area contributed by atoms with Crippen LogP contribution in [-0.2, 0) is 6.54 Å². The molecule has 1 aliphatic rings. The molecule has 1 aromatic rings. The normalized spacial score (nSPS) is 29.0. The molecule has 13 heavy (non-hydrogen) atoms. The first-order valence-corrected chi connectivity index (χ1v) is 5.21. The van der Waals surface area contributed by atoms with E-state index >= 15 is 0 Å². The molecule has 72 valence electrons. The summed E-state index contributed by atoms with van der Waals surface area (Å²) in [6.45, 7) is 1.15. The van der Waals surface area contributed by atoms with Crippen LogP contribution in [0.1, 0.15) is 25.7 Å². The predicted octanol–water partition coefficient (Wildman–Crippen LogP) is 2.01. The molecular weight excluding hydrogens is 160 g/mol. The van der Waals surface area contributed by atoms with Gasteiger partial charge in [0.25, 0.3) is 0 Å². The first kappa shape index (κ1) is 8.82. The molecule has 2 heteroatoms. The van der Waals surface area contributed by atoms with Crippen LogP contribution in [-0.4, -0.2) is 10.6 Å². The lowest BCUT2D eigenvalue weighted by atomic mass is 9.86. The molecule has 1 saturated carbocycles. The van der Waals surface area contributed by atoms with Gasteiger partial charge >= 0.3 is 0 Å². The van der Waals surface area contributed by atoms with Gasteiger partial charge in [-0.25, -0.2) is 0 Å². The van der Waals surface area contributed by atoms with E-state index in [-0.39, 0.29) is 0 Å². The number of hydrogen-bond donors (Lipinski definition) is 1. The largest absolute Gasteiger partial charge is 0.354 e. The highest BCUT2D eigenvalue weighted by molar-refractivity contribution is 4.91. The molecule has 0 aliphatic heterocycles. The Bertz CT molecular complexity index is 241. The van der Waals surface area contributed by atoms with Gasteiger partial charge in [0.1, 0.15) is 0 Å². The van der Waals surface area contributed by atoms with Crippen molar-refractivity contribution in [1.82, 2.24) is 4.57 Å². The molecular formula is C11H18N2. The van der Waals surface area contributed by atoms with Crippen LogP contribution in [0.4, 0.5) is 0 Å². The predicted molar refractivity (Wildman–Crippen MR) is 54.4 cm³/mol. The smallest absolute Gasteiger partial charge is 0.0248 e. The van der Waals surface area contributed by atoms with Crippen molar-refractivity contribution in [2.75, 3.05) is 0 Å². The third-order valence-electron chi connectivity index (χ3n) is 2.96. The molecule has 0 spiro atoms. The third kappa shape index (κ3) is 2.34. The molecule has 2 nitrogen and oxygen atoms in total. The van der Waals surface area contributed by atoms with E-state index in [9.17, 15) is 0 Å². The fraction of sp³-hybridized carbons (Fsp3) is 0.636. The molecule has 0 unspecified atom stereocenters. The average Bonchev–Trinajstić information content (AvgIpc) is 2.57. The van der Waals surface area contributed by atoms with E-state index in [4.69, 9.17) is 5.73 Å². The Morgan fingerprint density at radius 2 is 2.00 bits per heavy atom. The zero-order valence-corrected chi connectivity index (χ0v) is 8.02. The molecule has 1 heterocycles. The molecule has 0 amide bonds. The summed E-state index contributed by atoms with van der Waals surface area (Å²) in [5.41, 5.74) is 5.94. The highest BCUT2D eigenvalue weighted by Gasteiger charge is 2.18. The zero-order valence-electron chi connectivity index (χ0n) is 8.02. The molecule has 0 saturated heterocycles. The number of rotatable bonds is 2. The molecule has 0 bridgehead atoms. The van der Waals surface area contributed by atoms with Crippen LogP contribution in [0.15, 0.2) is 24.5 Å². The van der Waals surface area contributed by atoms with Gasteiger partial charge in [-0.05, 0) is 37.3 Å². The van der Waals surface area contributed by atoms with E-state index in [0.717, 1.165) is 12.5 Å². The summed E-state index contributed by atoms with van der Waals surface area (Å²) < 4.78 is 2.27. The number of nitrogens with two attached hydrogens (primary N) is 1. The number of hydrogen-bond acceptors (Lipinski definition) is 1. The third-order valence-corrected chi connectivity index (χ3v) is 2.96. The van der Waals surface area contributed by atoms with Crippen LogP contribution in [0.5, 0.6) is 0 Å². The van der Waals surface area contributed by atoms with Crippen molar-refractivity contribution in [2.45, 2.75) is 38.3 Å². The molecule has 0 radical (unpaired) electrons. The average molecular weight is 178 g/mol. The highest BCUT2D eigenvalue weighted by Crippen LogP contribution is 2.24. The van der Waals surface area contributed by atoms with Crippen molar-refractivity contribution >= 4 is 0 Å². The van der Waals surface area contributed by atoms with Crippen LogP contribution in [0.3, 0.4) is 0 Å². The topological polar surface area (TPSA) is 30.9 Å². The van der Waals surface area contributed by atoms with Gasteiger partial charge in [0.05, 0.1) is 0 Å². The Morgan fingerprint density at radius 1 is 1.23 bits per heavy atom. The van der Waals surface area contributed by atoms with Gasteiger partial charge in [0.2, 0.25) is 0 Å². The van der Waals surface area contributed by atoms with Crippen LogP contribution in [0.2, 0.25) is 0 Å². The van der Waals surface area contributed by atoms with Crippen molar-refractivity contribution in [3.63, 3.8) is 0 Å². The number of nitrogens with zero attached hydrogens (tertiary/aromatic N) is 1. The second-order valence-corrected chi connectivity index (χ2v) is 4.17. The molecule has 1 fully saturated rings. The van der Waals surface area contributed by atoms with Crippen LogP contribution in [0.25, 0.3) is 0 Å². The maximum absolute atomic E-state index is 5.94. The lowest BCUT2D eigenvalue weighted by Crippen LogP contribution is -2.29. The van der Waals surface area contributed by atoms with Crippen LogP contribution in [0, 0.1) is 5.92 Å². The van der Waals surface area contributed by atoms with Crippen molar-refractivity contribution in [2.24, 2.45) is 11.7 Å². The standard InChI is InChI=1S/C11H18N2/c12-11-5-3-4-10(8-11)9-13-6-1-2-7-13/h1-2,6-7,10-11H,3-5,8-9,12H2/t10-,11-/m0/s1. The first-order valence-electron chi connectivity index (χ1n) is 5.21. The Balaban J connectivity index is 1.87. The minimum absolute atomic E-state index is 0.453. The zero-order chi connectivity index (χ0) is 9.10. The monoisotopic (exact) mass is 178 g/mol. The summed E-state index contributed by atoms with van der Waals surface area (Å²) in [4.78, 5) is 0. The van der Waals surface area contributed by atoms with E-state index < -0.39 is 0 Å². The van der Waals surface area contributed by atoms with Gasteiger partial charge in [0, 0.05) is 25.0 Å². The molecule has 0 aromatic carbocycles. The summed E-state index contributed by atoms with van der Waals surface area (Å²) in [5.74, 6) is 0.802. The van der Waals surface area contributed by atoms with E-state index in [0.29, 0.717) is 6.04 Å². The summed E-state index contributed by atoms with van der Waals surface area (Å²) in [7, 11) is 0. The maximum Gasteiger partial charge on any atom is 0.0248 e. The molecule has 2 atom stereocenters. The van der Waals surface area contributed by atoms with Gasteiger partial charge in [-0.3, -0.25) is 0 Å². The van der Waals surface area contributed by atoms with E-state index in [2.05, 4.69) is 29.1 Å². The van der Waals surface area contributed by atoms with Gasteiger partial charge in [-0.15, -0.1) is 0 Å². The minimum atomic E-state index is 0.453. The number of aromatic nitrogens is 1. The van der Waals surface area contributed by atoms with E-state index in [1.54, 1.807) is 0 Å². The second-order valence-electron chi connectivity index (χ2n) is 4.17. The summed E-state index contributed by atoms with van der Waals surface area (Å²) in [6, 6.07) is 4.63. The van der Waals surface area contributed by atoms with E-state index in [1.807, 2.05) is 0 Å². The molecule has 1 aromatic heterocycles. The second kappa shape index (κ2) is 3.97. The van der Waals surface area contributed by atoms with Crippen molar-refractivity contribution in [3.8, 4) is 0 Å².